The first-order valence-electron chi connectivity index (χ1n) is 8.63. The third kappa shape index (κ3) is 4.07. The summed E-state index contributed by atoms with van der Waals surface area (Å²) >= 11 is 0. The van der Waals surface area contributed by atoms with Gasteiger partial charge in [0.2, 0.25) is 0 Å². The molecule has 1 aliphatic heterocycles. The van der Waals surface area contributed by atoms with Crippen molar-refractivity contribution >= 4 is 11.7 Å². The Bertz CT molecular complexity index is 844. The van der Waals surface area contributed by atoms with Gasteiger partial charge < -0.3 is 15.2 Å². The number of rotatable bonds is 2. The molecule has 132 valence electrons. The number of amides is 2. The Balaban J connectivity index is 1.72. The number of nitrogens with one attached hydrogen (secondary N) is 2. The van der Waals surface area contributed by atoms with Crippen molar-refractivity contribution in [3.05, 3.63) is 57.3 Å². The number of aryl methyl sites for hydroxylation is 3. The highest BCUT2D eigenvalue weighted by molar-refractivity contribution is 5.90. The molecule has 3 rings (SSSR count). The number of anilines is 1. The van der Waals surface area contributed by atoms with Gasteiger partial charge in [0.05, 0.1) is 5.69 Å². The van der Waals surface area contributed by atoms with Crippen LogP contribution in [-0.4, -0.2) is 34.0 Å². The van der Waals surface area contributed by atoms with E-state index in [0.29, 0.717) is 12.4 Å². The van der Waals surface area contributed by atoms with Crippen LogP contribution in [0.4, 0.5) is 10.5 Å². The lowest BCUT2D eigenvalue weighted by Gasteiger charge is -2.32. The summed E-state index contributed by atoms with van der Waals surface area (Å²) in [5.74, 6) is 0.707. The smallest absolute Gasteiger partial charge is 0.321 e. The minimum Gasteiger partial charge on any atom is -0.324 e. The van der Waals surface area contributed by atoms with Crippen LogP contribution in [0.5, 0.6) is 0 Å². The van der Waals surface area contributed by atoms with Gasteiger partial charge in [-0.3, -0.25) is 4.79 Å². The summed E-state index contributed by atoms with van der Waals surface area (Å²) in [4.78, 5) is 33.3. The molecule has 1 aliphatic rings. The zero-order chi connectivity index (χ0) is 18.0. The van der Waals surface area contributed by atoms with E-state index in [9.17, 15) is 9.59 Å². The van der Waals surface area contributed by atoms with E-state index < -0.39 is 0 Å². The molecule has 2 heterocycles. The van der Waals surface area contributed by atoms with E-state index in [1.165, 1.54) is 5.56 Å². The molecular formula is C19H24N4O2. The molecule has 0 radical (unpaired) electrons. The number of nitrogens with zero attached hydrogens (tertiary/aromatic N) is 2. The second kappa shape index (κ2) is 7.09. The second-order valence-corrected chi connectivity index (χ2v) is 6.79. The van der Waals surface area contributed by atoms with Gasteiger partial charge >= 0.3 is 6.03 Å². The first-order valence-corrected chi connectivity index (χ1v) is 8.63. The maximum absolute atomic E-state index is 12.6. The topological polar surface area (TPSA) is 78.1 Å². The number of carbonyl (C=O) groups excluding carboxylic acids is 1. The van der Waals surface area contributed by atoms with E-state index in [0.717, 1.165) is 36.3 Å². The van der Waals surface area contributed by atoms with Crippen LogP contribution in [0.2, 0.25) is 0 Å². The SMILES string of the molecule is Cc1ccc(NC(=O)N2CCC[C@@H](c3cc(=O)[nH]c(C)n3)C2)c(C)c1. The maximum atomic E-state index is 12.6. The van der Waals surface area contributed by atoms with Crippen LogP contribution in [0, 0.1) is 20.8 Å². The Labute approximate surface area is 147 Å². The van der Waals surface area contributed by atoms with Gasteiger partial charge in [0.15, 0.2) is 0 Å². The number of benzene rings is 1. The minimum atomic E-state index is -0.139. The lowest BCUT2D eigenvalue weighted by Crippen LogP contribution is -2.42. The number of piperidine rings is 1. The van der Waals surface area contributed by atoms with Crippen LogP contribution in [-0.2, 0) is 0 Å². The molecule has 0 aliphatic carbocycles. The third-order valence-electron chi connectivity index (χ3n) is 4.63. The van der Waals surface area contributed by atoms with Crippen molar-refractivity contribution in [3.63, 3.8) is 0 Å². The van der Waals surface area contributed by atoms with Gasteiger partial charge in [-0.1, -0.05) is 17.7 Å². The molecule has 1 aromatic carbocycles. The molecule has 1 atom stereocenters. The van der Waals surface area contributed by atoms with Gasteiger partial charge in [-0.15, -0.1) is 0 Å². The van der Waals surface area contributed by atoms with Crippen LogP contribution in [0.3, 0.4) is 0 Å². The molecule has 2 N–H and O–H groups in total. The number of hydrogen-bond donors (Lipinski definition) is 2. The lowest BCUT2D eigenvalue weighted by molar-refractivity contribution is 0.192. The first kappa shape index (κ1) is 17.2. The van der Waals surface area contributed by atoms with Crippen molar-refractivity contribution in [1.29, 1.82) is 0 Å². The first-order chi connectivity index (χ1) is 11.9. The Hall–Kier alpha value is -2.63. The summed E-state index contributed by atoms with van der Waals surface area (Å²) in [6.45, 7) is 7.09. The third-order valence-corrected chi connectivity index (χ3v) is 4.63. The quantitative estimate of drug-likeness (QED) is 0.882. The number of aromatic nitrogens is 2. The van der Waals surface area contributed by atoms with Crippen LogP contribution < -0.4 is 10.9 Å². The van der Waals surface area contributed by atoms with Gasteiger partial charge in [0.25, 0.3) is 5.56 Å². The number of hydrogen-bond acceptors (Lipinski definition) is 3. The number of carbonyl (C=O) groups is 1. The fourth-order valence-electron chi connectivity index (χ4n) is 3.36. The van der Waals surface area contributed by atoms with Crippen LogP contribution in [0.1, 0.15) is 41.4 Å². The van der Waals surface area contributed by atoms with E-state index in [4.69, 9.17) is 0 Å². The number of likely N-dealkylation sites (tertiary alicyclic amines) is 1. The Kier molecular flexibility index (Phi) is 4.88. The van der Waals surface area contributed by atoms with Crippen molar-refractivity contribution in [1.82, 2.24) is 14.9 Å². The normalized spacial score (nSPS) is 17.4. The number of H-pyrrole nitrogens is 1. The minimum absolute atomic E-state index is 0.0969. The second-order valence-electron chi connectivity index (χ2n) is 6.79. The number of aromatic amines is 1. The van der Waals surface area contributed by atoms with Gasteiger partial charge in [0.1, 0.15) is 5.82 Å². The fraction of sp³-hybridized carbons (Fsp3) is 0.421. The Morgan fingerprint density at radius 1 is 1.28 bits per heavy atom. The van der Waals surface area contributed by atoms with E-state index in [1.54, 1.807) is 13.0 Å². The monoisotopic (exact) mass is 340 g/mol. The van der Waals surface area contributed by atoms with Crippen molar-refractivity contribution in [2.45, 2.75) is 39.5 Å². The van der Waals surface area contributed by atoms with Crippen molar-refractivity contribution < 1.29 is 4.79 Å². The van der Waals surface area contributed by atoms with Gasteiger partial charge in [-0.2, -0.15) is 0 Å². The molecule has 2 amide bonds. The molecule has 2 aromatic rings. The van der Waals surface area contributed by atoms with Gasteiger partial charge in [-0.05, 0) is 45.2 Å². The molecule has 25 heavy (non-hydrogen) atoms. The summed E-state index contributed by atoms with van der Waals surface area (Å²) in [6.07, 6.45) is 1.84. The largest absolute Gasteiger partial charge is 0.324 e. The maximum Gasteiger partial charge on any atom is 0.321 e. The van der Waals surface area contributed by atoms with Crippen LogP contribution >= 0.6 is 0 Å². The molecule has 0 unspecified atom stereocenters. The number of urea groups is 1. The average molecular weight is 340 g/mol. The predicted octanol–water partition coefficient (Wildman–Crippen LogP) is 3.11. The summed E-state index contributed by atoms with van der Waals surface area (Å²) in [6, 6.07) is 7.43. The summed E-state index contributed by atoms with van der Waals surface area (Å²) < 4.78 is 0. The van der Waals surface area contributed by atoms with Crippen molar-refractivity contribution in [3.8, 4) is 0 Å². The zero-order valence-corrected chi connectivity index (χ0v) is 14.9. The fourth-order valence-corrected chi connectivity index (χ4v) is 3.36. The van der Waals surface area contributed by atoms with Crippen molar-refractivity contribution in [2.24, 2.45) is 0 Å². The average Bonchev–Trinajstić information content (AvgIpc) is 2.56. The van der Waals surface area contributed by atoms with Crippen LogP contribution in [0.15, 0.2) is 29.1 Å². The lowest BCUT2D eigenvalue weighted by atomic mass is 9.94. The summed E-state index contributed by atoms with van der Waals surface area (Å²) in [5, 5.41) is 3.00. The van der Waals surface area contributed by atoms with Gasteiger partial charge in [-0.25, -0.2) is 9.78 Å². The molecule has 0 bridgehead atoms. The molecule has 0 saturated carbocycles. The van der Waals surface area contributed by atoms with E-state index >= 15 is 0 Å². The van der Waals surface area contributed by atoms with Crippen molar-refractivity contribution in [2.75, 3.05) is 18.4 Å². The Morgan fingerprint density at radius 2 is 2.08 bits per heavy atom. The van der Waals surface area contributed by atoms with Gasteiger partial charge in [0, 0.05) is 30.8 Å². The Morgan fingerprint density at radius 3 is 2.80 bits per heavy atom. The highest BCUT2D eigenvalue weighted by Crippen LogP contribution is 2.26. The highest BCUT2D eigenvalue weighted by atomic mass is 16.2. The molecular weight excluding hydrogens is 316 g/mol. The van der Waals surface area contributed by atoms with E-state index in [2.05, 4.69) is 21.4 Å². The summed E-state index contributed by atoms with van der Waals surface area (Å²) in [5.41, 5.74) is 3.69. The molecule has 1 aromatic heterocycles. The zero-order valence-electron chi connectivity index (χ0n) is 14.9. The molecule has 1 fully saturated rings. The van der Waals surface area contributed by atoms with E-state index in [1.807, 2.05) is 30.9 Å². The van der Waals surface area contributed by atoms with E-state index in [-0.39, 0.29) is 17.5 Å². The standard InChI is InChI=1S/C19H24N4O2/c1-12-6-7-16(13(2)9-12)22-19(25)23-8-4-5-15(11-23)17-10-18(24)21-14(3)20-17/h6-7,9-10,15H,4-5,8,11H2,1-3H3,(H,22,25)(H,20,21,24)/t15-/m1/s1. The molecule has 1 saturated heterocycles. The molecule has 6 heteroatoms. The van der Waals surface area contributed by atoms with Crippen LogP contribution in [0.25, 0.3) is 0 Å². The predicted molar refractivity (Wildman–Crippen MR) is 98.1 cm³/mol. The molecule has 0 spiro atoms. The highest BCUT2D eigenvalue weighted by Gasteiger charge is 2.26. The molecule has 6 nitrogen and oxygen atoms in total. The summed E-state index contributed by atoms with van der Waals surface area (Å²) in [7, 11) is 0.